The molecule has 0 unspecified atom stereocenters. The van der Waals surface area contributed by atoms with Crippen LogP contribution in [-0.2, 0) is 19.6 Å². The Morgan fingerprint density at radius 2 is 2.05 bits per heavy atom. The number of methoxy groups -OCH3 is 1. The van der Waals surface area contributed by atoms with Crippen molar-refractivity contribution in [1.82, 2.24) is 5.32 Å². The molecule has 0 fully saturated rings. The van der Waals surface area contributed by atoms with Crippen molar-refractivity contribution in [3.8, 4) is 0 Å². The Hall–Kier alpha value is -1.64. The van der Waals surface area contributed by atoms with E-state index in [4.69, 9.17) is 4.74 Å². The number of anilines is 2. The third-order valence-electron chi connectivity index (χ3n) is 2.59. The van der Waals surface area contributed by atoms with Gasteiger partial charge in [0.15, 0.2) is 0 Å². The van der Waals surface area contributed by atoms with Crippen molar-refractivity contribution in [1.29, 1.82) is 0 Å². The van der Waals surface area contributed by atoms with Crippen molar-refractivity contribution >= 4 is 27.3 Å². The molecule has 1 rings (SSSR count). The minimum absolute atomic E-state index is 0.159. The second-order valence-electron chi connectivity index (χ2n) is 4.62. The van der Waals surface area contributed by atoms with Gasteiger partial charge in [0, 0.05) is 19.3 Å². The van der Waals surface area contributed by atoms with Crippen LogP contribution >= 0.6 is 0 Å². The van der Waals surface area contributed by atoms with Crippen LogP contribution in [-0.4, -0.2) is 47.4 Å². The standard InChI is InChI=1S/C13H21N3O4S/c1-10-4-5-11(8-12(10)16-21(3,18)19)15-13(17)9-14-6-7-20-2/h4-5,8,14,16H,6-7,9H2,1-3H3,(H,15,17). The topological polar surface area (TPSA) is 96.5 Å². The summed E-state index contributed by atoms with van der Waals surface area (Å²) in [6.07, 6.45) is 1.08. The van der Waals surface area contributed by atoms with Crippen molar-refractivity contribution in [2.75, 3.05) is 43.1 Å². The number of hydrogen-bond acceptors (Lipinski definition) is 5. The minimum Gasteiger partial charge on any atom is -0.383 e. The molecule has 118 valence electrons. The fourth-order valence-corrected chi connectivity index (χ4v) is 2.21. The maximum absolute atomic E-state index is 11.7. The first kappa shape index (κ1) is 17.4. The summed E-state index contributed by atoms with van der Waals surface area (Å²) in [5, 5.41) is 5.62. The van der Waals surface area contributed by atoms with Gasteiger partial charge in [0.1, 0.15) is 0 Å². The van der Waals surface area contributed by atoms with E-state index in [0.717, 1.165) is 11.8 Å². The summed E-state index contributed by atoms with van der Waals surface area (Å²) in [6, 6.07) is 5.04. The molecule has 1 aromatic rings. The number of ether oxygens (including phenoxy) is 1. The van der Waals surface area contributed by atoms with Gasteiger partial charge in [-0.05, 0) is 24.6 Å². The van der Waals surface area contributed by atoms with Gasteiger partial charge < -0.3 is 15.4 Å². The zero-order valence-corrected chi connectivity index (χ0v) is 13.2. The van der Waals surface area contributed by atoms with Crippen LogP contribution in [0.25, 0.3) is 0 Å². The lowest BCUT2D eigenvalue weighted by Gasteiger charge is -2.11. The monoisotopic (exact) mass is 315 g/mol. The Morgan fingerprint density at radius 1 is 1.33 bits per heavy atom. The number of carbonyl (C=O) groups is 1. The van der Waals surface area contributed by atoms with Crippen LogP contribution in [0.3, 0.4) is 0 Å². The Labute approximate surface area is 125 Å². The maximum atomic E-state index is 11.7. The van der Waals surface area contributed by atoms with Gasteiger partial charge in [0.2, 0.25) is 15.9 Å². The minimum atomic E-state index is -3.35. The zero-order chi connectivity index (χ0) is 15.9. The highest BCUT2D eigenvalue weighted by Crippen LogP contribution is 2.21. The molecule has 0 saturated heterocycles. The van der Waals surface area contributed by atoms with Crippen LogP contribution in [0.4, 0.5) is 11.4 Å². The quantitative estimate of drug-likeness (QED) is 0.609. The second kappa shape index (κ2) is 7.96. The first-order valence-electron chi connectivity index (χ1n) is 6.40. The van der Waals surface area contributed by atoms with Crippen molar-refractivity contribution in [2.45, 2.75) is 6.92 Å². The average molecular weight is 315 g/mol. The number of amides is 1. The molecule has 1 amide bonds. The lowest BCUT2D eigenvalue weighted by molar-refractivity contribution is -0.115. The number of rotatable bonds is 8. The summed E-state index contributed by atoms with van der Waals surface area (Å²) in [5.74, 6) is -0.208. The normalized spacial score (nSPS) is 11.2. The largest absolute Gasteiger partial charge is 0.383 e. The molecule has 0 spiro atoms. The third kappa shape index (κ3) is 7.07. The number of nitrogens with one attached hydrogen (secondary N) is 3. The van der Waals surface area contributed by atoms with E-state index in [2.05, 4.69) is 15.4 Å². The molecule has 7 nitrogen and oxygen atoms in total. The molecule has 3 N–H and O–H groups in total. The molecule has 0 bridgehead atoms. The van der Waals surface area contributed by atoms with Crippen molar-refractivity contribution in [3.63, 3.8) is 0 Å². The SMILES string of the molecule is COCCNCC(=O)Nc1ccc(C)c(NS(C)(=O)=O)c1. The third-order valence-corrected chi connectivity index (χ3v) is 3.18. The fourth-order valence-electron chi connectivity index (χ4n) is 1.59. The fraction of sp³-hybridized carbons (Fsp3) is 0.462. The van der Waals surface area contributed by atoms with Gasteiger partial charge in [-0.25, -0.2) is 8.42 Å². The molecule has 21 heavy (non-hydrogen) atoms. The van der Waals surface area contributed by atoms with E-state index in [1.165, 1.54) is 0 Å². The van der Waals surface area contributed by atoms with Crippen molar-refractivity contribution in [3.05, 3.63) is 23.8 Å². The number of benzene rings is 1. The molecular weight excluding hydrogens is 294 g/mol. The van der Waals surface area contributed by atoms with Crippen molar-refractivity contribution < 1.29 is 17.9 Å². The molecule has 0 aliphatic rings. The highest BCUT2D eigenvalue weighted by molar-refractivity contribution is 7.92. The van der Waals surface area contributed by atoms with E-state index in [1.54, 1.807) is 32.2 Å². The first-order chi connectivity index (χ1) is 9.81. The number of hydrogen-bond donors (Lipinski definition) is 3. The predicted molar refractivity (Wildman–Crippen MR) is 83.0 cm³/mol. The number of aryl methyl sites for hydroxylation is 1. The molecule has 0 aromatic heterocycles. The molecular formula is C13H21N3O4S. The van der Waals surface area contributed by atoms with E-state index >= 15 is 0 Å². The zero-order valence-electron chi connectivity index (χ0n) is 12.4. The molecule has 8 heteroatoms. The average Bonchev–Trinajstić information content (AvgIpc) is 2.37. The van der Waals surface area contributed by atoms with Gasteiger partial charge in [0.05, 0.1) is 25.1 Å². The molecule has 1 aromatic carbocycles. The van der Waals surface area contributed by atoms with Crippen LogP contribution in [0.2, 0.25) is 0 Å². The molecule has 0 atom stereocenters. The summed E-state index contributed by atoms with van der Waals surface area (Å²) in [6.45, 7) is 3.05. The van der Waals surface area contributed by atoms with E-state index in [1.807, 2.05) is 0 Å². The van der Waals surface area contributed by atoms with Crippen LogP contribution in [0.5, 0.6) is 0 Å². The van der Waals surface area contributed by atoms with Gasteiger partial charge in [-0.1, -0.05) is 6.07 Å². The van der Waals surface area contributed by atoms with Gasteiger partial charge in [-0.2, -0.15) is 0 Å². The predicted octanol–water partition coefficient (Wildman–Crippen LogP) is 0.541. The van der Waals surface area contributed by atoms with Gasteiger partial charge in [-0.15, -0.1) is 0 Å². The molecule has 0 saturated carbocycles. The Bertz CT molecular complexity index is 587. The highest BCUT2D eigenvalue weighted by atomic mass is 32.2. The second-order valence-corrected chi connectivity index (χ2v) is 6.37. The van der Waals surface area contributed by atoms with Crippen molar-refractivity contribution in [2.24, 2.45) is 0 Å². The van der Waals surface area contributed by atoms with Crippen LogP contribution in [0, 0.1) is 6.92 Å². The van der Waals surface area contributed by atoms with E-state index in [-0.39, 0.29) is 12.5 Å². The molecule has 0 aliphatic heterocycles. The van der Waals surface area contributed by atoms with E-state index in [9.17, 15) is 13.2 Å². The highest BCUT2D eigenvalue weighted by Gasteiger charge is 2.08. The molecule has 0 heterocycles. The lowest BCUT2D eigenvalue weighted by Crippen LogP contribution is -2.30. The molecule has 0 radical (unpaired) electrons. The summed E-state index contributed by atoms with van der Waals surface area (Å²) < 4.78 is 29.8. The van der Waals surface area contributed by atoms with Crippen LogP contribution < -0.4 is 15.4 Å². The Kier molecular flexibility index (Phi) is 6.60. The summed E-state index contributed by atoms with van der Waals surface area (Å²) in [4.78, 5) is 11.7. The number of sulfonamides is 1. The van der Waals surface area contributed by atoms with Gasteiger partial charge >= 0.3 is 0 Å². The number of carbonyl (C=O) groups excluding carboxylic acids is 1. The van der Waals surface area contributed by atoms with Crippen LogP contribution in [0.15, 0.2) is 18.2 Å². The molecule has 0 aliphatic carbocycles. The summed E-state index contributed by atoms with van der Waals surface area (Å²) in [5.41, 5.74) is 1.75. The van der Waals surface area contributed by atoms with E-state index < -0.39 is 10.0 Å². The summed E-state index contributed by atoms with van der Waals surface area (Å²) >= 11 is 0. The Morgan fingerprint density at radius 3 is 2.67 bits per heavy atom. The van der Waals surface area contributed by atoms with Crippen LogP contribution in [0.1, 0.15) is 5.56 Å². The summed E-state index contributed by atoms with van der Waals surface area (Å²) in [7, 11) is -1.77. The maximum Gasteiger partial charge on any atom is 0.238 e. The van der Waals surface area contributed by atoms with Gasteiger partial charge in [-0.3, -0.25) is 9.52 Å². The smallest absolute Gasteiger partial charge is 0.238 e. The first-order valence-corrected chi connectivity index (χ1v) is 8.29. The Balaban J connectivity index is 2.63. The lowest BCUT2D eigenvalue weighted by atomic mass is 10.2. The van der Waals surface area contributed by atoms with E-state index in [0.29, 0.717) is 24.5 Å². The van der Waals surface area contributed by atoms with Gasteiger partial charge in [0.25, 0.3) is 0 Å².